The molecule has 5 aromatic heterocycles. The van der Waals surface area contributed by atoms with Crippen LogP contribution in [0.5, 0.6) is 0 Å². The Morgan fingerprint density at radius 3 is 1.90 bits per heavy atom. The molecule has 0 aliphatic rings. The summed E-state index contributed by atoms with van der Waals surface area (Å²) in [5.74, 6) is 3.79. The average molecular weight is 656 g/mol. The highest BCUT2D eigenvalue weighted by atomic mass is 19.1. The van der Waals surface area contributed by atoms with Crippen molar-refractivity contribution < 1.29 is 27.8 Å². The van der Waals surface area contributed by atoms with E-state index in [4.69, 9.17) is 4.74 Å². The maximum atomic E-state index is 14.1. The molecule has 0 bridgehead atoms. The van der Waals surface area contributed by atoms with Crippen LogP contribution in [-0.4, -0.2) is 61.5 Å². The van der Waals surface area contributed by atoms with Gasteiger partial charge in [0.2, 0.25) is 0 Å². The van der Waals surface area contributed by atoms with Crippen molar-refractivity contribution in [2.45, 2.75) is 0 Å². The summed E-state index contributed by atoms with van der Waals surface area (Å²) >= 11 is 0. The fourth-order valence-electron chi connectivity index (χ4n) is 4.62. The Labute approximate surface area is 277 Å². The summed E-state index contributed by atoms with van der Waals surface area (Å²) in [6.07, 6.45) is 2.86. The molecule has 11 nitrogen and oxygen atoms in total. The van der Waals surface area contributed by atoms with Gasteiger partial charge < -0.3 is 9.47 Å². The fraction of sp³-hybridized carbons (Fsp3) is 0.0556. The third-order valence-corrected chi connectivity index (χ3v) is 7.04. The standard InChI is InChI=1S/C18H12FN5O2.C18H11FN2O2/c1-26-18(25)10-8-15-13(20-9-10)6-7-14(21-15)17-16(22-24-23-17)11-4-2-3-5-12(11)19;1-23-18(22)13-10-17-16(20-11-13)9-8-14(21-17)7-6-12-4-2-3-5-15(12)19/h2-9H,1H3,(H,22,23,24);2-5,8-11H,1H3. The molecule has 1 N–H and O–H groups in total. The maximum Gasteiger partial charge on any atom is 0.339 e. The van der Waals surface area contributed by atoms with Crippen LogP contribution in [0, 0.1) is 23.5 Å². The van der Waals surface area contributed by atoms with E-state index < -0.39 is 17.8 Å². The molecular weight excluding hydrogens is 632 g/mol. The summed E-state index contributed by atoms with van der Waals surface area (Å²) in [5, 5.41) is 10.7. The summed E-state index contributed by atoms with van der Waals surface area (Å²) in [6.45, 7) is 0. The number of carbonyl (C=O) groups is 2. The number of ether oxygens (including phenoxy) is 2. The second-order valence-corrected chi connectivity index (χ2v) is 10.1. The number of aromatic nitrogens is 7. The van der Waals surface area contributed by atoms with Gasteiger partial charge in [0, 0.05) is 18.0 Å². The number of carbonyl (C=O) groups excluding carboxylic acids is 2. The van der Waals surface area contributed by atoms with Crippen molar-refractivity contribution >= 4 is 34.0 Å². The highest BCUT2D eigenvalue weighted by Gasteiger charge is 2.18. The van der Waals surface area contributed by atoms with Gasteiger partial charge in [0.25, 0.3) is 0 Å². The van der Waals surface area contributed by atoms with Crippen LogP contribution >= 0.6 is 0 Å². The second-order valence-electron chi connectivity index (χ2n) is 10.1. The van der Waals surface area contributed by atoms with Crippen molar-refractivity contribution in [1.29, 1.82) is 0 Å². The lowest BCUT2D eigenvalue weighted by molar-refractivity contribution is 0.0591. The SMILES string of the molecule is COC(=O)c1cnc2ccc(-c3n[nH]nc3-c3ccccc3F)nc2c1.COC(=O)c1cnc2ccc(C#Cc3ccccc3F)nc2c1. The molecule has 5 heterocycles. The Kier molecular flexibility index (Phi) is 9.30. The molecule has 0 aliphatic heterocycles. The molecule has 7 aromatic rings. The first-order valence-electron chi connectivity index (χ1n) is 14.5. The Hall–Kier alpha value is -6.94. The topological polar surface area (TPSA) is 146 Å². The Bertz CT molecular complexity index is 2420. The number of hydrogen-bond acceptors (Lipinski definition) is 10. The molecule has 0 amide bonds. The highest BCUT2D eigenvalue weighted by Crippen LogP contribution is 2.29. The number of H-pyrrole nitrogens is 1. The number of hydrogen-bond donors (Lipinski definition) is 1. The molecular formula is C36H23F2N7O4. The zero-order chi connectivity index (χ0) is 34.3. The lowest BCUT2D eigenvalue weighted by atomic mass is 10.1. The minimum Gasteiger partial charge on any atom is -0.465 e. The lowest BCUT2D eigenvalue weighted by Crippen LogP contribution is -2.02. The van der Waals surface area contributed by atoms with E-state index in [1.165, 1.54) is 38.7 Å². The summed E-state index contributed by atoms with van der Waals surface area (Å²) in [7, 11) is 2.60. The number of aromatic amines is 1. The number of benzene rings is 2. The van der Waals surface area contributed by atoms with E-state index in [9.17, 15) is 18.4 Å². The first kappa shape index (κ1) is 32.0. The normalized spacial score (nSPS) is 10.4. The smallest absolute Gasteiger partial charge is 0.339 e. The van der Waals surface area contributed by atoms with Gasteiger partial charge in [0.15, 0.2) is 0 Å². The van der Waals surface area contributed by atoms with Gasteiger partial charge >= 0.3 is 11.9 Å². The number of methoxy groups -OCH3 is 2. The molecule has 0 radical (unpaired) electrons. The largest absolute Gasteiger partial charge is 0.465 e. The van der Waals surface area contributed by atoms with Crippen LogP contribution in [0.4, 0.5) is 8.78 Å². The van der Waals surface area contributed by atoms with Gasteiger partial charge in [-0.15, -0.1) is 0 Å². The molecule has 0 atom stereocenters. The van der Waals surface area contributed by atoms with Crippen molar-refractivity contribution in [3.63, 3.8) is 0 Å². The van der Waals surface area contributed by atoms with E-state index >= 15 is 0 Å². The van der Waals surface area contributed by atoms with Crippen LogP contribution in [-0.2, 0) is 9.47 Å². The van der Waals surface area contributed by atoms with Crippen LogP contribution < -0.4 is 0 Å². The van der Waals surface area contributed by atoms with Crippen LogP contribution in [0.1, 0.15) is 32.0 Å². The first-order chi connectivity index (χ1) is 23.8. The van der Waals surface area contributed by atoms with Gasteiger partial charge in [-0.25, -0.2) is 28.3 Å². The van der Waals surface area contributed by atoms with Crippen molar-refractivity contribution in [1.82, 2.24) is 35.3 Å². The van der Waals surface area contributed by atoms with Gasteiger partial charge in [-0.2, -0.15) is 15.4 Å². The maximum absolute atomic E-state index is 14.1. The summed E-state index contributed by atoms with van der Waals surface area (Å²) in [5.41, 5.74) is 5.18. The third kappa shape index (κ3) is 7.08. The van der Waals surface area contributed by atoms with E-state index in [0.29, 0.717) is 67.1 Å². The van der Waals surface area contributed by atoms with E-state index in [1.807, 2.05) is 0 Å². The zero-order valence-electron chi connectivity index (χ0n) is 25.8. The summed E-state index contributed by atoms with van der Waals surface area (Å²) < 4.78 is 37.0. The van der Waals surface area contributed by atoms with Crippen molar-refractivity contribution in [3.05, 3.63) is 131 Å². The molecule has 13 heteroatoms. The molecule has 0 aliphatic carbocycles. The van der Waals surface area contributed by atoms with Crippen molar-refractivity contribution in [2.75, 3.05) is 14.2 Å². The van der Waals surface area contributed by atoms with Gasteiger partial charge in [-0.05, 0) is 66.6 Å². The second kappa shape index (κ2) is 14.2. The minimum atomic E-state index is -0.500. The van der Waals surface area contributed by atoms with Gasteiger partial charge in [0.05, 0.1) is 58.7 Å². The molecule has 0 saturated carbocycles. The Morgan fingerprint density at radius 1 is 0.653 bits per heavy atom. The van der Waals surface area contributed by atoms with Crippen molar-refractivity contribution in [3.8, 4) is 34.5 Å². The van der Waals surface area contributed by atoms with Gasteiger partial charge in [-0.1, -0.05) is 30.2 Å². The Balaban J connectivity index is 0.000000171. The predicted octanol–water partition coefficient (Wildman–Crippen LogP) is 5.96. The predicted molar refractivity (Wildman–Crippen MR) is 175 cm³/mol. The third-order valence-electron chi connectivity index (χ3n) is 7.04. The van der Waals surface area contributed by atoms with Crippen LogP contribution in [0.3, 0.4) is 0 Å². The number of pyridine rings is 4. The van der Waals surface area contributed by atoms with Crippen molar-refractivity contribution in [2.24, 2.45) is 0 Å². The van der Waals surface area contributed by atoms with E-state index in [1.54, 1.807) is 72.8 Å². The highest BCUT2D eigenvalue weighted by molar-refractivity contribution is 5.93. The fourth-order valence-corrected chi connectivity index (χ4v) is 4.62. The van der Waals surface area contributed by atoms with E-state index in [-0.39, 0.29) is 5.82 Å². The average Bonchev–Trinajstić information content (AvgIpc) is 3.63. The summed E-state index contributed by atoms with van der Waals surface area (Å²) in [4.78, 5) is 40.4. The molecule has 7 rings (SSSR count). The number of fused-ring (bicyclic) bond motifs is 2. The number of esters is 2. The molecule has 0 unspecified atom stereocenters. The quantitative estimate of drug-likeness (QED) is 0.178. The van der Waals surface area contributed by atoms with E-state index in [0.717, 1.165) is 0 Å². The van der Waals surface area contributed by atoms with Gasteiger partial charge in [-0.3, -0.25) is 9.97 Å². The molecule has 0 saturated heterocycles. The van der Waals surface area contributed by atoms with Crippen LogP contribution in [0.2, 0.25) is 0 Å². The Morgan fingerprint density at radius 2 is 1.24 bits per heavy atom. The first-order valence-corrected chi connectivity index (χ1v) is 14.5. The number of rotatable bonds is 4. The molecule has 0 spiro atoms. The molecule has 49 heavy (non-hydrogen) atoms. The van der Waals surface area contributed by atoms with Crippen LogP contribution in [0.25, 0.3) is 44.7 Å². The molecule has 2 aromatic carbocycles. The zero-order valence-corrected chi connectivity index (χ0v) is 25.8. The number of halogens is 2. The monoisotopic (exact) mass is 655 g/mol. The van der Waals surface area contributed by atoms with Crippen LogP contribution in [0.15, 0.2) is 97.3 Å². The minimum absolute atomic E-state index is 0.291. The van der Waals surface area contributed by atoms with Gasteiger partial charge in [0.1, 0.15) is 28.7 Å². The molecule has 240 valence electrons. The summed E-state index contributed by atoms with van der Waals surface area (Å²) in [6, 6.07) is 22.6. The number of nitrogens with one attached hydrogen (secondary N) is 1. The molecule has 0 fully saturated rings. The number of nitrogens with zero attached hydrogens (tertiary/aromatic N) is 6. The van der Waals surface area contributed by atoms with E-state index in [2.05, 4.69) is 51.9 Å². The lowest BCUT2D eigenvalue weighted by Gasteiger charge is -2.05.